The fraction of sp³-hybridized carbons (Fsp3) is 0.370. The van der Waals surface area contributed by atoms with Gasteiger partial charge >= 0.3 is 0 Å². The molecule has 2 amide bonds. The number of fused-ring (bicyclic) bond motifs is 1. The van der Waals surface area contributed by atoms with Crippen LogP contribution in [0.1, 0.15) is 50.3 Å². The SMILES string of the molecule is CCCCCCC(=O)NCC(=O)N(C)c1ccc(Cl)c(COc2cc3ccccc3nc2C)c1Cl. The van der Waals surface area contributed by atoms with E-state index in [1.54, 1.807) is 19.2 Å². The van der Waals surface area contributed by atoms with Gasteiger partial charge in [-0.1, -0.05) is 67.6 Å². The van der Waals surface area contributed by atoms with E-state index in [-0.39, 0.29) is 25.0 Å². The van der Waals surface area contributed by atoms with Crippen LogP contribution in [0.25, 0.3) is 10.9 Å². The lowest BCUT2D eigenvalue weighted by molar-refractivity contribution is -0.124. The summed E-state index contributed by atoms with van der Waals surface area (Å²) in [5.74, 6) is 0.225. The van der Waals surface area contributed by atoms with Crippen molar-refractivity contribution in [2.75, 3.05) is 18.5 Å². The van der Waals surface area contributed by atoms with Crippen LogP contribution in [0.4, 0.5) is 5.69 Å². The van der Waals surface area contributed by atoms with E-state index in [1.807, 2.05) is 37.3 Å². The third-order valence-corrected chi connectivity index (χ3v) is 6.61. The molecule has 3 rings (SSSR count). The van der Waals surface area contributed by atoms with Crippen LogP contribution in [0.5, 0.6) is 5.75 Å². The normalized spacial score (nSPS) is 10.9. The van der Waals surface area contributed by atoms with Gasteiger partial charge in [-0.3, -0.25) is 9.59 Å². The molecular formula is C27H31Cl2N3O3. The minimum Gasteiger partial charge on any atom is -0.487 e. The van der Waals surface area contributed by atoms with E-state index < -0.39 is 0 Å². The number of anilines is 1. The number of nitrogens with one attached hydrogen (secondary N) is 1. The lowest BCUT2D eigenvalue weighted by Crippen LogP contribution is -2.38. The minimum atomic E-state index is -0.280. The quantitative estimate of drug-likeness (QED) is 0.296. The standard InChI is InChI=1S/C27H31Cl2N3O3/c1-4-5-6-7-12-25(33)30-16-26(34)32(3)23-14-13-21(28)20(27(23)29)17-35-24-15-19-10-8-9-11-22(19)31-18(24)2/h8-11,13-15H,4-7,12,16-17H2,1-3H3,(H,30,33). The third kappa shape index (κ3) is 7.09. The van der Waals surface area contributed by atoms with Gasteiger partial charge in [0.25, 0.3) is 0 Å². The molecule has 0 atom stereocenters. The largest absolute Gasteiger partial charge is 0.487 e. The van der Waals surface area contributed by atoms with E-state index in [0.717, 1.165) is 42.3 Å². The van der Waals surface area contributed by atoms with Gasteiger partial charge in [0, 0.05) is 29.4 Å². The zero-order valence-corrected chi connectivity index (χ0v) is 21.9. The first-order valence-corrected chi connectivity index (χ1v) is 12.6. The number of ether oxygens (including phenoxy) is 1. The average molecular weight is 516 g/mol. The van der Waals surface area contributed by atoms with E-state index in [9.17, 15) is 9.59 Å². The molecule has 0 aliphatic heterocycles. The molecule has 186 valence electrons. The number of aromatic nitrogens is 1. The number of halogens is 2. The number of unbranched alkanes of at least 4 members (excludes halogenated alkanes) is 3. The Morgan fingerprint density at radius 1 is 1.09 bits per heavy atom. The fourth-order valence-electron chi connectivity index (χ4n) is 3.69. The summed E-state index contributed by atoms with van der Waals surface area (Å²) >= 11 is 13.1. The van der Waals surface area contributed by atoms with Gasteiger partial charge in [0.2, 0.25) is 11.8 Å². The monoisotopic (exact) mass is 515 g/mol. The van der Waals surface area contributed by atoms with E-state index in [1.165, 1.54) is 4.90 Å². The van der Waals surface area contributed by atoms with Crippen molar-refractivity contribution in [2.45, 2.75) is 52.6 Å². The molecule has 8 heteroatoms. The highest BCUT2D eigenvalue weighted by Gasteiger charge is 2.19. The highest BCUT2D eigenvalue weighted by molar-refractivity contribution is 6.38. The van der Waals surface area contributed by atoms with Crippen molar-refractivity contribution in [1.29, 1.82) is 0 Å². The van der Waals surface area contributed by atoms with Crippen molar-refractivity contribution >= 4 is 51.6 Å². The molecular weight excluding hydrogens is 485 g/mol. The number of nitrogens with zero attached hydrogens (tertiary/aromatic N) is 2. The number of aryl methyl sites for hydroxylation is 1. The molecule has 0 bridgehead atoms. The molecule has 1 N–H and O–H groups in total. The van der Waals surface area contributed by atoms with Crippen LogP contribution in [0.2, 0.25) is 10.0 Å². The lowest BCUT2D eigenvalue weighted by Gasteiger charge is -2.21. The fourth-order valence-corrected chi connectivity index (χ4v) is 4.30. The first-order valence-electron chi connectivity index (χ1n) is 11.8. The number of pyridine rings is 1. The first kappa shape index (κ1) is 26.8. The van der Waals surface area contributed by atoms with E-state index >= 15 is 0 Å². The van der Waals surface area contributed by atoms with Crippen molar-refractivity contribution in [3.63, 3.8) is 0 Å². The molecule has 0 aliphatic carbocycles. The number of para-hydroxylation sites is 1. The summed E-state index contributed by atoms with van der Waals surface area (Å²) in [6, 6.07) is 13.1. The molecule has 2 aromatic carbocycles. The molecule has 0 unspecified atom stereocenters. The Kier molecular flexibility index (Phi) is 9.75. The Morgan fingerprint density at radius 3 is 2.63 bits per heavy atom. The summed E-state index contributed by atoms with van der Waals surface area (Å²) in [5, 5.41) is 4.42. The summed E-state index contributed by atoms with van der Waals surface area (Å²) in [5.41, 5.74) is 2.71. The van der Waals surface area contributed by atoms with Gasteiger partial charge in [0.1, 0.15) is 12.4 Å². The zero-order chi connectivity index (χ0) is 25.4. The van der Waals surface area contributed by atoms with Crippen LogP contribution in [0, 0.1) is 6.92 Å². The van der Waals surface area contributed by atoms with Gasteiger partial charge in [-0.15, -0.1) is 0 Å². The smallest absolute Gasteiger partial charge is 0.246 e. The predicted octanol–water partition coefficient (Wildman–Crippen LogP) is 6.48. The van der Waals surface area contributed by atoms with Gasteiger partial charge in [-0.05, 0) is 37.6 Å². The minimum absolute atomic E-state index is 0.101. The maximum absolute atomic E-state index is 12.7. The van der Waals surface area contributed by atoms with Crippen molar-refractivity contribution in [3.8, 4) is 5.75 Å². The topological polar surface area (TPSA) is 71.5 Å². The molecule has 0 aliphatic rings. The summed E-state index contributed by atoms with van der Waals surface area (Å²) < 4.78 is 6.03. The molecule has 35 heavy (non-hydrogen) atoms. The van der Waals surface area contributed by atoms with Gasteiger partial charge in [-0.2, -0.15) is 0 Å². The molecule has 3 aromatic rings. The zero-order valence-electron chi connectivity index (χ0n) is 20.4. The molecule has 0 saturated carbocycles. The van der Waals surface area contributed by atoms with Crippen molar-refractivity contribution < 1.29 is 14.3 Å². The highest BCUT2D eigenvalue weighted by atomic mass is 35.5. The molecule has 0 spiro atoms. The molecule has 0 radical (unpaired) electrons. The summed E-state index contributed by atoms with van der Waals surface area (Å²) in [7, 11) is 1.62. The number of hydrogen-bond acceptors (Lipinski definition) is 4. The van der Waals surface area contributed by atoms with Gasteiger partial charge < -0.3 is 15.0 Å². The molecule has 0 fully saturated rings. The van der Waals surface area contributed by atoms with Crippen LogP contribution in [-0.2, 0) is 16.2 Å². The number of hydrogen-bond donors (Lipinski definition) is 1. The number of rotatable bonds is 11. The number of carbonyl (C=O) groups is 2. The number of benzene rings is 2. The maximum Gasteiger partial charge on any atom is 0.246 e. The van der Waals surface area contributed by atoms with Gasteiger partial charge in [-0.25, -0.2) is 4.98 Å². The van der Waals surface area contributed by atoms with Crippen LogP contribution in [0.15, 0.2) is 42.5 Å². The second kappa shape index (κ2) is 12.8. The molecule has 1 heterocycles. The Bertz CT molecular complexity index is 1200. The Labute approximate surface area is 216 Å². The summed E-state index contributed by atoms with van der Waals surface area (Å²) in [6.45, 7) is 4.01. The lowest BCUT2D eigenvalue weighted by atomic mass is 10.1. The summed E-state index contributed by atoms with van der Waals surface area (Å²) in [4.78, 5) is 30.7. The highest BCUT2D eigenvalue weighted by Crippen LogP contribution is 2.35. The first-order chi connectivity index (χ1) is 16.8. The average Bonchev–Trinajstić information content (AvgIpc) is 2.85. The third-order valence-electron chi connectivity index (χ3n) is 5.84. The number of carbonyl (C=O) groups excluding carboxylic acids is 2. The van der Waals surface area contributed by atoms with Crippen LogP contribution < -0.4 is 15.0 Å². The van der Waals surface area contributed by atoms with E-state index in [2.05, 4.69) is 17.2 Å². The van der Waals surface area contributed by atoms with Crippen LogP contribution >= 0.6 is 23.2 Å². The van der Waals surface area contributed by atoms with Crippen molar-refractivity contribution in [1.82, 2.24) is 10.3 Å². The molecule has 0 saturated heterocycles. The maximum atomic E-state index is 12.7. The van der Waals surface area contributed by atoms with Gasteiger partial charge in [0.05, 0.1) is 28.5 Å². The van der Waals surface area contributed by atoms with Crippen molar-refractivity contribution in [3.05, 3.63) is 63.8 Å². The number of likely N-dealkylation sites (N-methyl/N-ethyl adjacent to an activating group) is 1. The van der Waals surface area contributed by atoms with Crippen molar-refractivity contribution in [2.24, 2.45) is 0 Å². The predicted molar refractivity (Wildman–Crippen MR) is 142 cm³/mol. The number of amides is 2. The molecule has 6 nitrogen and oxygen atoms in total. The second-order valence-electron chi connectivity index (χ2n) is 8.45. The Balaban J connectivity index is 1.66. The van der Waals surface area contributed by atoms with E-state index in [4.69, 9.17) is 27.9 Å². The van der Waals surface area contributed by atoms with Gasteiger partial charge in [0.15, 0.2) is 0 Å². The van der Waals surface area contributed by atoms with Crippen LogP contribution in [-0.4, -0.2) is 30.4 Å². The Morgan fingerprint density at radius 2 is 1.86 bits per heavy atom. The van der Waals surface area contributed by atoms with Crippen LogP contribution in [0.3, 0.4) is 0 Å². The Hall–Kier alpha value is -2.83. The second-order valence-corrected chi connectivity index (χ2v) is 9.24. The summed E-state index contributed by atoms with van der Waals surface area (Å²) in [6.07, 6.45) is 4.47. The molecule has 1 aromatic heterocycles. The van der Waals surface area contributed by atoms with E-state index in [0.29, 0.717) is 33.5 Å².